The van der Waals surface area contributed by atoms with E-state index in [0.29, 0.717) is 24.4 Å². The predicted molar refractivity (Wildman–Crippen MR) is 77.2 cm³/mol. The molecule has 0 aliphatic rings. The van der Waals surface area contributed by atoms with Crippen molar-refractivity contribution in [1.82, 2.24) is 15.3 Å². The van der Waals surface area contributed by atoms with Gasteiger partial charge in [0.05, 0.1) is 25.9 Å². The molecule has 1 aromatic heterocycles. The summed E-state index contributed by atoms with van der Waals surface area (Å²) in [5.41, 5.74) is 0.843. The second kappa shape index (κ2) is 9.50. The van der Waals surface area contributed by atoms with Gasteiger partial charge in [-0.15, -0.1) is 0 Å². The van der Waals surface area contributed by atoms with Crippen LogP contribution in [-0.4, -0.2) is 43.4 Å². The predicted octanol–water partition coefficient (Wildman–Crippen LogP) is 1.79. The number of ether oxygens (including phenoxy) is 3. The molecule has 0 spiro atoms. The highest BCUT2D eigenvalue weighted by atomic mass is 16.5. The molecule has 1 rings (SSSR count). The summed E-state index contributed by atoms with van der Waals surface area (Å²) in [6.07, 6.45) is 3.85. The van der Waals surface area contributed by atoms with Crippen LogP contribution in [0, 0.1) is 0 Å². The molecule has 0 saturated heterocycles. The maximum atomic E-state index is 5.49. The Bertz CT molecular complexity index is 364. The number of methoxy groups -OCH3 is 2. The largest absolute Gasteiger partial charge is 0.481 e. The third kappa shape index (κ3) is 5.71. The number of hydrogen-bond donors (Lipinski definition) is 1. The Labute approximate surface area is 120 Å². The van der Waals surface area contributed by atoms with Crippen molar-refractivity contribution >= 4 is 0 Å². The van der Waals surface area contributed by atoms with Crippen molar-refractivity contribution in [2.75, 3.05) is 27.4 Å². The molecule has 6 nitrogen and oxygen atoms in total. The fraction of sp³-hybridized carbons (Fsp3) is 0.714. The molecule has 0 fully saturated rings. The van der Waals surface area contributed by atoms with E-state index in [1.54, 1.807) is 14.2 Å². The van der Waals surface area contributed by atoms with E-state index in [0.717, 1.165) is 31.6 Å². The lowest BCUT2D eigenvalue weighted by molar-refractivity contribution is 0.0760. The molecule has 0 atom stereocenters. The van der Waals surface area contributed by atoms with Crippen molar-refractivity contribution in [3.8, 4) is 11.8 Å². The molecule has 0 radical (unpaired) electrons. The minimum Gasteiger partial charge on any atom is -0.481 e. The molecule has 1 heterocycles. The minimum absolute atomic E-state index is 0.304. The van der Waals surface area contributed by atoms with Gasteiger partial charge in [0, 0.05) is 13.2 Å². The zero-order valence-corrected chi connectivity index (χ0v) is 12.8. The van der Waals surface area contributed by atoms with Gasteiger partial charge in [-0.05, 0) is 33.2 Å². The molecule has 0 aromatic carbocycles. The molecule has 20 heavy (non-hydrogen) atoms. The van der Waals surface area contributed by atoms with Crippen LogP contribution in [0.2, 0.25) is 0 Å². The van der Waals surface area contributed by atoms with Gasteiger partial charge in [-0.2, -0.15) is 0 Å². The number of nitrogens with one attached hydrogen (secondary N) is 1. The summed E-state index contributed by atoms with van der Waals surface area (Å²) in [6, 6.07) is 0. The highest BCUT2D eigenvalue weighted by Crippen LogP contribution is 2.22. The van der Waals surface area contributed by atoms with Gasteiger partial charge < -0.3 is 19.5 Å². The first kappa shape index (κ1) is 16.7. The highest BCUT2D eigenvalue weighted by molar-refractivity contribution is 5.34. The van der Waals surface area contributed by atoms with E-state index in [4.69, 9.17) is 14.2 Å². The van der Waals surface area contributed by atoms with Crippen molar-refractivity contribution in [2.45, 2.75) is 39.3 Å². The van der Waals surface area contributed by atoms with Gasteiger partial charge >= 0.3 is 0 Å². The van der Waals surface area contributed by atoms with Gasteiger partial charge in [0.1, 0.15) is 6.33 Å². The molecule has 6 heteroatoms. The maximum Gasteiger partial charge on any atom is 0.224 e. The normalized spacial score (nSPS) is 10.8. The zero-order valence-electron chi connectivity index (χ0n) is 12.8. The average molecular weight is 283 g/mol. The summed E-state index contributed by atoms with van der Waals surface area (Å²) >= 11 is 0. The summed E-state index contributed by atoms with van der Waals surface area (Å²) in [5.74, 6) is 1.10. The zero-order chi connectivity index (χ0) is 14.8. The first-order valence-electron chi connectivity index (χ1n) is 6.93. The fourth-order valence-corrected chi connectivity index (χ4v) is 1.77. The van der Waals surface area contributed by atoms with Crippen molar-refractivity contribution in [3.63, 3.8) is 0 Å². The van der Waals surface area contributed by atoms with Gasteiger partial charge in [0.25, 0.3) is 0 Å². The molecule has 0 aliphatic heterocycles. The van der Waals surface area contributed by atoms with Gasteiger partial charge in [-0.25, -0.2) is 9.97 Å². The van der Waals surface area contributed by atoms with Crippen LogP contribution in [0.4, 0.5) is 0 Å². The van der Waals surface area contributed by atoms with E-state index in [-0.39, 0.29) is 0 Å². The molecule has 0 unspecified atom stereocenters. The van der Waals surface area contributed by atoms with E-state index in [2.05, 4.69) is 15.3 Å². The first-order valence-corrected chi connectivity index (χ1v) is 6.93. The van der Waals surface area contributed by atoms with Crippen LogP contribution in [0.1, 0.15) is 32.3 Å². The van der Waals surface area contributed by atoms with Crippen LogP contribution in [0.25, 0.3) is 0 Å². The van der Waals surface area contributed by atoms with Crippen molar-refractivity contribution < 1.29 is 14.2 Å². The lowest BCUT2D eigenvalue weighted by Gasteiger charge is -2.11. The Kier molecular flexibility index (Phi) is 7.91. The lowest BCUT2D eigenvalue weighted by atomic mass is 10.2. The molecule has 114 valence electrons. The maximum absolute atomic E-state index is 5.49. The number of nitrogens with zero attached hydrogens (tertiary/aromatic N) is 2. The summed E-state index contributed by atoms with van der Waals surface area (Å²) in [7, 11) is 3.18. The van der Waals surface area contributed by atoms with Gasteiger partial charge in [0.15, 0.2) is 0 Å². The first-order chi connectivity index (χ1) is 9.69. The number of unbranched alkanes of at least 4 members (excludes halogenated alkanes) is 1. The van der Waals surface area contributed by atoms with E-state index in [9.17, 15) is 0 Å². The van der Waals surface area contributed by atoms with Gasteiger partial charge in [0.2, 0.25) is 11.8 Å². The molecule has 0 bridgehead atoms. The van der Waals surface area contributed by atoms with E-state index in [1.807, 2.05) is 13.8 Å². The smallest absolute Gasteiger partial charge is 0.224 e. The number of rotatable bonds is 10. The molecule has 0 aliphatic carbocycles. The summed E-state index contributed by atoms with van der Waals surface area (Å²) in [5, 5.41) is 3.34. The van der Waals surface area contributed by atoms with E-state index < -0.39 is 0 Å². The SMILES string of the molecule is COc1ncnc(OC)c1CNCCCCOC(C)C. The Morgan fingerprint density at radius 1 is 1.10 bits per heavy atom. The molecule has 1 aromatic rings. The summed E-state index contributed by atoms with van der Waals surface area (Å²) in [6.45, 7) is 6.43. The summed E-state index contributed by atoms with van der Waals surface area (Å²) < 4.78 is 15.9. The van der Waals surface area contributed by atoms with Crippen molar-refractivity contribution in [1.29, 1.82) is 0 Å². The van der Waals surface area contributed by atoms with Crippen LogP contribution in [0.15, 0.2) is 6.33 Å². The second-order valence-corrected chi connectivity index (χ2v) is 4.67. The minimum atomic E-state index is 0.304. The Morgan fingerprint density at radius 3 is 2.30 bits per heavy atom. The monoisotopic (exact) mass is 283 g/mol. The highest BCUT2D eigenvalue weighted by Gasteiger charge is 2.11. The quantitative estimate of drug-likeness (QED) is 0.660. The van der Waals surface area contributed by atoms with E-state index in [1.165, 1.54) is 6.33 Å². The Morgan fingerprint density at radius 2 is 1.75 bits per heavy atom. The van der Waals surface area contributed by atoms with Gasteiger partial charge in [-0.3, -0.25) is 0 Å². The van der Waals surface area contributed by atoms with Crippen LogP contribution >= 0.6 is 0 Å². The third-order valence-corrected chi connectivity index (χ3v) is 2.75. The third-order valence-electron chi connectivity index (χ3n) is 2.75. The fourth-order valence-electron chi connectivity index (χ4n) is 1.77. The van der Waals surface area contributed by atoms with Crippen LogP contribution in [0.5, 0.6) is 11.8 Å². The Hall–Kier alpha value is -1.40. The molecule has 0 saturated carbocycles. The molecule has 0 amide bonds. The molecule has 1 N–H and O–H groups in total. The second-order valence-electron chi connectivity index (χ2n) is 4.67. The van der Waals surface area contributed by atoms with Crippen molar-refractivity contribution in [2.24, 2.45) is 0 Å². The van der Waals surface area contributed by atoms with E-state index >= 15 is 0 Å². The van der Waals surface area contributed by atoms with Crippen LogP contribution < -0.4 is 14.8 Å². The van der Waals surface area contributed by atoms with Crippen LogP contribution in [-0.2, 0) is 11.3 Å². The summed E-state index contributed by atoms with van der Waals surface area (Å²) in [4.78, 5) is 8.16. The van der Waals surface area contributed by atoms with Crippen molar-refractivity contribution in [3.05, 3.63) is 11.9 Å². The molecular weight excluding hydrogens is 258 g/mol. The van der Waals surface area contributed by atoms with Gasteiger partial charge in [-0.1, -0.05) is 0 Å². The lowest BCUT2D eigenvalue weighted by Crippen LogP contribution is -2.17. The number of aromatic nitrogens is 2. The number of hydrogen-bond acceptors (Lipinski definition) is 6. The Balaban J connectivity index is 2.31. The topological polar surface area (TPSA) is 65.5 Å². The average Bonchev–Trinajstić information content (AvgIpc) is 2.45. The van der Waals surface area contributed by atoms with Crippen LogP contribution in [0.3, 0.4) is 0 Å². The molecular formula is C14H25N3O3. The standard InChI is InChI=1S/C14H25N3O3/c1-11(2)20-8-6-5-7-15-9-12-13(18-3)16-10-17-14(12)19-4/h10-11,15H,5-9H2,1-4H3.